The highest BCUT2D eigenvalue weighted by molar-refractivity contribution is 7.27. The van der Waals surface area contributed by atoms with Crippen molar-refractivity contribution >= 4 is 20.3 Å². The van der Waals surface area contributed by atoms with Crippen molar-refractivity contribution in [3.8, 4) is 0 Å². The van der Waals surface area contributed by atoms with Crippen LogP contribution in [0.3, 0.4) is 0 Å². The van der Waals surface area contributed by atoms with Gasteiger partial charge in [-0.1, -0.05) is 38.1 Å². The van der Waals surface area contributed by atoms with Gasteiger partial charge in [-0.2, -0.15) is 0 Å². The maximum Gasteiger partial charge on any atom is 0.165 e. The fraction of sp³-hybridized carbons (Fsp3) is 0.300. The standard InChI is InChI=1S/C10H13OP/c1-7(2)10(11)8-3-5-9(12)6-4-8/h3-7H,12H2,1-2H3. The molecule has 0 saturated heterocycles. The van der Waals surface area contributed by atoms with E-state index >= 15 is 0 Å². The van der Waals surface area contributed by atoms with Gasteiger partial charge in [0.1, 0.15) is 0 Å². The second-order valence-corrected chi connectivity index (χ2v) is 3.81. The number of hydrogen-bond acceptors (Lipinski definition) is 1. The lowest BCUT2D eigenvalue weighted by Crippen LogP contribution is -2.07. The Labute approximate surface area is 75.4 Å². The van der Waals surface area contributed by atoms with Crippen LogP contribution in [0, 0.1) is 5.92 Å². The predicted octanol–water partition coefficient (Wildman–Crippen LogP) is 2.03. The second kappa shape index (κ2) is 3.82. The minimum absolute atomic E-state index is 0.0837. The molecule has 1 rings (SSSR count). The van der Waals surface area contributed by atoms with E-state index < -0.39 is 0 Å². The SMILES string of the molecule is CC(C)C(=O)c1ccc(P)cc1. The van der Waals surface area contributed by atoms with Crippen molar-refractivity contribution in [3.63, 3.8) is 0 Å². The summed E-state index contributed by atoms with van der Waals surface area (Å²) in [4.78, 5) is 11.4. The molecule has 1 unspecified atom stereocenters. The molecule has 0 aliphatic heterocycles. The molecule has 1 nitrogen and oxygen atoms in total. The van der Waals surface area contributed by atoms with Crippen LogP contribution >= 0.6 is 9.24 Å². The molecule has 64 valence electrons. The van der Waals surface area contributed by atoms with E-state index in [1.165, 1.54) is 0 Å². The predicted molar refractivity (Wildman–Crippen MR) is 55.0 cm³/mol. The number of Topliss-reactive ketones (excluding diaryl/α,β-unsaturated/α-hetero) is 1. The third kappa shape index (κ3) is 2.15. The number of carbonyl (C=O) groups excluding carboxylic acids is 1. The minimum atomic E-state index is 0.0837. The lowest BCUT2D eigenvalue weighted by atomic mass is 10.0. The van der Waals surface area contributed by atoms with Crippen molar-refractivity contribution in [2.24, 2.45) is 5.92 Å². The molecule has 0 aliphatic carbocycles. The van der Waals surface area contributed by atoms with E-state index in [0.717, 1.165) is 10.9 Å². The molecular formula is C10H13OP. The molecule has 0 aliphatic rings. The van der Waals surface area contributed by atoms with E-state index in [1.54, 1.807) is 0 Å². The summed E-state index contributed by atoms with van der Waals surface area (Å²) in [6.45, 7) is 3.83. The van der Waals surface area contributed by atoms with E-state index in [-0.39, 0.29) is 11.7 Å². The summed E-state index contributed by atoms with van der Waals surface area (Å²) in [5, 5.41) is 1.11. The lowest BCUT2D eigenvalue weighted by molar-refractivity contribution is 0.0939. The third-order valence-corrected chi connectivity index (χ3v) is 2.10. The van der Waals surface area contributed by atoms with Gasteiger partial charge in [0, 0.05) is 11.5 Å². The van der Waals surface area contributed by atoms with Gasteiger partial charge >= 0.3 is 0 Å². The molecule has 0 aromatic heterocycles. The van der Waals surface area contributed by atoms with Crippen LogP contribution in [0.4, 0.5) is 0 Å². The normalized spacial score (nSPS) is 10.3. The summed E-state index contributed by atoms with van der Waals surface area (Å²) in [6, 6.07) is 7.59. The molecule has 1 atom stereocenters. The number of benzene rings is 1. The zero-order valence-corrected chi connectivity index (χ0v) is 8.53. The van der Waals surface area contributed by atoms with Crippen molar-refractivity contribution in [2.45, 2.75) is 13.8 Å². The third-order valence-electron chi connectivity index (χ3n) is 1.72. The molecule has 0 saturated carbocycles. The van der Waals surface area contributed by atoms with Crippen LogP contribution in [-0.2, 0) is 0 Å². The van der Waals surface area contributed by atoms with Gasteiger partial charge in [-0.25, -0.2) is 0 Å². The summed E-state index contributed by atoms with van der Waals surface area (Å²) >= 11 is 0. The number of hydrogen-bond donors (Lipinski definition) is 0. The Morgan fingerprint density at radius 2 is 1.75 bits per heavy atom. The van der Waals surface area contributed by atoms with E-state index in [4.69, 9.17) is 0 Å². The Hall–Kier alpha value is -0.680. The molecule has 0 N–H and O–H groups in total. The van der Waals surface area contributed by atoms with Crippen LogP contribution in [0.15, 0.2) is 24.3 Å². The van der Waals surface area contributed by atoms with E-state index in [2.05, 4.69) is 9.24 Å². The molecular weight excluding hydrogens is 167 g/mol. The molecule has 0 spiro atoms. The van der Waals surface area contributed by atoms with Crippen LogP contribution in [-0.4, -0.2) is 5.78 Å². The van der Waals surface area contributed by atoms with Crippen LogP contribution < -0.4 is 5.30 Å². The van der Waals surface area contributed by atoms with Crippen molar-refractivity contribution in [3.05, 3.63) is 29.8 Å². The average Bonchev–Trinajstić information content (AvgIpc) is 2.04. The summed E-state index contributed by atoms with van der Waals surface area (Å²) in [7, 11) is 2.60. The monoisotopic (exact) mass is 180 g/mol. The van der Waals surface area contributed by atoms with Gasteiger partial charge in [-0.3, -0.25) is 4.79 Å². The quantitative estimate of drug-likeness (QED) is 0.502. The van der Waals surface area contributed by atoms with Gasteiger partial charge in [0.25, 0.3) is 0 Å². The summed E-state index contributed by atoms with van der Waals surface area (Å²) in [6.07, 6.45) is 0. The number of ketones is 1. The van der Waals surface area contributed by atoms with Gasteiger partial charge in [0.15, 0.2) is 5.78 Å². The first-order valence-electron chi connectivity index (χ1n) is 4.01. The summed E-state index contributed by atoms with van der Waals surface area (Å²) in [5.74, 6) is 0.292. The highest BCUT2D eigenvalue weighted by Gasteiger charge is 2.08. The summed E-state index contributed by atoms with van der Waals surface area (Å²) < 4.78 is 0. The fourth-order valence-electron chi connectivity index (χ4n) is 0.981. The van der Waals surface area contributed by atoms with Gasteiger partial charge in [-0.15, -0.1) is 9.24 Å². The highest BCUT2D eigenvalue weighted by atomic mass is 31.0. The molecule has 0 fully saturated rings. The first-order chi connectivity index (χ1) is 5.61. The van der Waals surface area contributed by atoms with Crippen LogP contribution in [0.5, 0.6) is 0 Å². The smallest absolute Gasteiger partial charge is 0.165 e. The molecule has 0 amide bonds. The van der Waals surface area contributed by atoms with Crippen molar-refractivity contribution < 1.29 is 4.79 Å². The fourth-order valence-corrected chi connectivity index (χ4v) is 1.17. The van der Waals surface area contributed by atoms with Crippen molar-refractivity contribution in [1.82, 2.24) is 0 Å². The van der Waals surface area contributed by atoms with E-state index in [9.17, 15) is 4.79 Å². The maximum atomic E-state index is 11.4. The van der Waals surface area contributed by atoms with Crippen molar-refractivity contribution in [1.29, 1.82) is 0 Å². The average molecular weight is 180 g/mol. The van der Waals surface area contributed by atoms with E-state index in [1.807, 2.05) is 38.1 Å². The highest BCUT2D eigenvalue weighted by Crippen LogP contribution is 2.07. The molecule has 1 aromatic rings. The Kier molecular flexibility index (Phi) is 2.99. The molecule has 0 radical (unpaired) electrons. The largest absolute Gasteiger partial charge is 0.294 e. The zero-order chi connectivity index (χ0) is 9.14. The van der Waals surface area contributed by atoms with Gasteiger partial charge in [-0.05, 0) is 5.30 Å². The van der Waals surface area contributed by atoms with Crippen LogP contribution in [0.2, 0.25) is 0 Å². The zero-order valence-electron chi connectivity index (χ0n) is 7.37. The van der Waals surface area contributed by atoms with Crippen molar-refractivity contribution in [2.75, 3.05) is 0 Å². The topological polar surface area (TPSA) is 17.1 Å². The second-order valence-electron chi connectivity index (χ2n) is 3.14. The molecule has 0 bridgehead atoms. The lowest BCUT2D eigenvalue weighted by Gasteiger charge is -2.03. The number of rotatable bonds is 2. The Balaban J connectivity index is 2.90. The van der Waals surface area contributed by atoms with Crippen LogP contribution in [0.25, 0.3) is 0 Å². The Morgan fingerprint density at radius 3 is 2.17 bits per heavy atom. The summed E-state index contributed by atoms with van der Waals surface area (Å²) in [5.41, 5.74) is 0.802. The first kappa shape index (κ1) is 9.41. The van der Waals surface area contributed by atoms with Gasteiger partial charge in [0.05, 0.1) is 0 Å². The van der Waals surface area contributed by atoms with E-state index in [0.29, 0.717) is 0 Å². The van der Waals surface area contributed by atoms with Crippen LogP contribution in [0.1, 0.15) is 24.2 Å². The molecule has 2 heteroatoms. The maximum absolute atomic E-state index is 11.4. The van der Waals surface area contributed by atoms with Gasteiger partial charge in [0.2, 0.25) is 0 Å². The first-order valence-corrected chi connectivity index (χ1v) is 4.58. The Bertz CT molecular complexity index is 274. The minimum Gasteiger partial charge on any atom is -0.294 e. The molecule has 1 aromatic carbocycles. The Morgan fingerprint density at radius 1 is 1.25 bits per heavy atom. The van der Waals surface area contributed by atoms with Gasteiger partial charge < -0.3 is 0 Å². The molecule has 0 heterocycles. The molecule has 12 heavy (non-hydrogen) atoms. The number of carbonyl (C=O) groups is 1.